The first-order valence-corrected chi connectivity index (χ1v) is 6.72. The smallest absolute Gasteiger partial charge is 0.247 e. The summed E-state index contributed by atoms with van der Waals surface area (Å²) in [5.74, 6) is 0.348. The average Bonchev–Trinajstić information content (AvgIpc) is 2.75. The van der Waals surface area contributed by atoms with Gasteiger partial charge in [-0.3, -0.25) is 15.0 Å². The van der Waals surface area contributed by atoms with E-state index in [0.717, 1.165) is 12.8 Å². The summed E-state index contributed by atoms with van der Waals surface area (Å²) in [5, 5.41) is 0. The van der Waals surface area contributed by atoms with Crippen molar-refractivity contribution in [2.75, 3.05) is 0 Å². The van der Waals surface area contributed by atoms with Crippen LogP contribution in [0, 0.1) is 16.7 Å². The van der Waals surface area contributed by atoms with Gasteiger partial charge in [0, 0.05) is 11.0 Å². The van der Waals surface area contributed by atoms with Crippen LogP contribution in [0.2, 0.25) is 0 Å². The first-order valence-electron chi connectivity index (χ1n) is 6.72. The Hall–Kier alpha value is -0.900. The van der Waals surface area contributed by atoms with Gasteiger partial charge in [0.25, 0.3) is 0 Å². The molecule has 0 aliphatic heterocycles. The maximum absolute atomic E-state index is 12.5. The standard InChI is InChI=1S/C14H24N2O2/c1-12(2,3)16-15-11(18)14-7-6-9(8-14)13(4,5)10(14)17/h9,16H,6-8H2,1-5H3,(H,15,18). The van der Waals surface area contributed by atoms with Crippen molar-refractivity contribution in [1.82, 2.24) is 10.9 Å². The van der Waals surface area contributed by atoms with Gasteiger partial charge in [0.2, 0.25) is 5.91 Å². The monoisotopic (exact) mass is 252 g/mol. The van der Waals surface area contributed by atoms with Gasteiger partial charge in [0.1, 0.15) is 5.41 Å². The van der Waals surface area contributed by atoms with Crippen LogP contribution >= 0.6 is 0 Å². The fraction of sp³-hybridized carbons (Fsp3) is 0.857. The molecular weight excluding hydrogens is 228 g/mol. The number of carbonyl (C=O) groups excluding carboxylic acids is 2. The number of hydrazine groups is 1. The number of hydrogen-bond acceptors (Lipinski definition) is 3. The minimum absolute atomic E-state index is 0.124. The van der Waals surface area contributed by atoms with Gasteiger partial charge in [-0.15, -0.1) is 0 Å². The van der Waals surface area contributed by atoms with E-state index in [-0.39, 0.29) is 22.6 Å². The van der Waals surface area contributed by atoms with Gasteiger partial charge in [0.15, 0.2) is 5.78 Å². The van der Waals surface area contributed by atoms with Gasteiger partial charge >= 0.3 is 0 Å². The molecule has 4 heteroatoms. The summed E-state index contributed by atoms with van der Waals surface area (Å²) in [5.41, 5.74) is 4.41. The second-order valence-electron chi connectivity index (χ2n) is 7.40. The highest BCUT2D eigenvalue weighted by molar-refractivity contribution is 6.10. The average molecular weight is 252 g/mol. The summed E-state index contributed by atoms with van der Waals surface area (Å²) in [4.78, 5) is 24.9. The highest BCUT2D eigenvalue weighted by Crippen LogP contribution is 2.60. The molecular formula is C14H24N2O2. The molecule has 2 rings (SSSR count). The lowest BCUT2D eigenvalue weighted by Crippen LogP contribution is -2.55. The molecule has 102 valence electrons. The van der Waals surface area contributed by atoms with Crippen molar-refractivity contribution >= 4 is 11.7 Å². The molecule has 4 nitrogen and oxygen atoms in total. The van der Waals surface area contributed by atoms with Crippen LogP contribution in [0.3, 0.4) is 0 Å². The molecule has 18 heavy (non-hydrogen) atoms. The van der Waals surface area contributed by atoms with E-state index in [1.807, 2.05) is 34.6 Å². The molecule has 2 unspecified atom stereocenters. The number of hydrogen-bond donors (Lipinski definition) is 2. The number of amides is 1. The highest BCUT2D eigenvalue weighted by atomic mass is 16.2. The zero-order chi connectivity index (χ0) is 13.8. The van der Waals surface area contributed by atoms with Crippen molar-refractivity contribution in [3.63, 3.8) is 0 Å². The Balaban J connectivity index is 2.14. The second-order valence-corrected chi connectivity index (χ2v) is 7.40. The van der Waals surface area contributed by atoms with E-state index in [0.29, 0.717) is 12.3 Å². The molecule has 2 aliphatic carbocycles. The van der Waals surface area contributed by atoms with E-state index < -0.39 is 5.41 Å². The van der Waals surface area contributed by atoms with Gasteiger partial charge in [-0.2, -0.15) is 0 Å². The molecule has 2 saturated carbocycles. The van der Waals surface area contributed by atoms with Crippen molar-refractivity contribution < 1.29 is 9.59 Å². The lowest BCUT2D eigenvalue weighted by atomic mass is 9.70. The maximum atomic E-state index is 12.5. The Morgan fingerprint density at radius 3 is 2.39 bits per heavy atom. The first-order chi connectivity index (χ1) is 8.09. The van der Waals surface area contributed by atoms with Crippen LogP contribution in [0.1, 0.15) is 53.9 Å². The summed E-state index contributed by atoms with van der Waals surface area (Å²) < 4.78 is 0. The van der Waals surface area contributed by atoms with Gasteiger partial charge in [-0.25, -0.2) is 5.43 Å². The predicted octanol–water partition coefficient (Wildman–Crippen LogP) is 1.80. The Morgan fingerprint density at radius 1 is 1.33 bits per heavy atom. The minimum atomic E-state index is -0.771. The molecule has 0 saturated heterocycles. The third-order valence-corrected chi connectivity index (χ3v) is 4.54. The number of ketones is 1. The number of rotatable bonds is 2. The highest BCUT2D eigenvalue weighted by Gasteiger charge is 2.65. The fourth-order valence-corrected chi connectivity index (χ4v) is 3.34. The fourth-order valence-electron chi connectivity index (χ4n) is 3.34. The van der Waals surface area contributed by atoms with Gasteiger partial charge in [-0.1, -0.05) is 13.8 Å². The van der Waals surface area contributed by atoms with Crippen LogP contribution in [0.4, 0.5) is 0 Å². The predicted molar refractivity (Wildman–Crippen MR) is 69.6 cm³/mol. The Kier molecular flexibility index (Phi) is 2.85. The summed E-state index contributed by atoms with van der Waals surface area (Å²) in [7, 11) is 0. The van der Waals surface area contributed by atoms with Crippen LogP contribution < -0.4 is 10.9 Å². The van der Waals surface area contributed by atoms with Gasteiger partial charge in [-0.05, 0) is 46.0 Å². The maximum Gasteiger partial charge on any atom is 0.247 e. The number of fused-ring (bicyclic) bond motifs is 2. The SMILES string of the molecule is CC(C)(C)NNC(=O)C12CCC(C1)C(C)(C)C2=O. The molecule has 0 heterocycles. The summed E-state index contributed by atoms with van der Waals surface area (Å²) in [6, 6.07) is 0. The molecule has 0 spiro atoms. The lowest BCUT2D eigenvalue weighted by Gasteiger charge is -2.33. The molecule has 2 aliphatic rings. The van der Waals surface area contributed by atoms with Gasteiger partial charge in [0.05, 0.1) is 0 Å². The van der Waals surface area contributed by atoms with Crippen LogP contribution in [-0.4, -0.2) is 17.2 Å². The Morgan fingerprint density at radius 2 is 1.94 bits per heavy atom. The molecule has 0 radical (unpaired) electrons. The zero-order valence-corrected chi connectivity index (χ0v) is 12.0. The normalized spacial score (nSPS) is 33.8. The lowest BCUT2D eigenvalue weighted by molar-refractivity contribution is -0.146. The number of Topliss-reactive ketones (excluding diaryl/α,β-unsaturated/α-hetero) is 1. The Labute approximate surface area is 109 Å². The molecule has 2 atom stereocenters. The molecule has 1 amide bonds. The van der Waals surface area contributed by atoms with E-state index in [1.54, 1.807) is 0 Å². The molecule has 2 N–H and O–H groups in total. The molecule has 0 aromatic carbocycles. The molecule has 2 fully saturated rings. The zero-order valence-electron chi connectivity index (χ0n) is 12.0. The summed E-state index contributed by atoms with van der Waals surface area (Å²) in [6.07, 6.45) is 2.41. The van der Waals surface area contributed by atoms with Crippen LogP contribution in [0.5, 0.6) is 0 Å². The van der Waals surface area contributed by atoms with E-state index in [4.69, 9.17) is 0 Å². The summed E-state index contributed by atoms with van der Waals surface area (Å²) >= 11 is 0. The molecule has 2 bridgehead atoms. The van der Waals surface area contributed by atoms with Crippen molar-refractivity contribution in [3.05, 3.63) is 0 Å². The third kappa shape index (κ3) is 1.87. The van der Waals surface area contributed by atoms with Crippen LogP contribution in [0.25, 0.3) is 0 Å². The number of nitrogens with one attached hydrogen (secondary N) is 2. The van der Waals surface area contributed by atoms with Crippen molar-refractivity contribution in [1.29, 1.82) is 0 Å². The van der Waals surface area contributed by atoms with E-state index in [2.05, 4.69) is 10.9 Å². The van der Waals surface area contributed by atoms with E-state index >= 15 is 0 Å². The Bertz CT molecular complexity index is 395. The topological polar surface area (TPSA) is 58.2 Å². The van der Waals surface area contributed by atoms with Crippen LogP contribution in [0.15, 0.2) is 0 Å². The molecule has 0 aromatic rings. The first kappa shape index (κ1) is 13.5. The van der Waals surface area contributed by atoms with Gasteiger partial charge < -0.3 is 0 Å². The summed E-state index contributed by atoms with van der Waals surface area (Å²) in [6.45, 7) is 9.88. The van der Waals surface area contributed by atoms with E-state index in [9.17, 15) is 9.59 Å². The second kappa shape index (κ2) is 3.80. The van der Waals surface area contributed by atoms with Crippen LogP contribution in [-0.2, 0) is 9.59 Å². The third-order valence-electron chi connectivity index (χ3n) is 4.54. The van der Waals surface area contributed by atoms with Crippen molar-refractivity contribution in [2.45, 2.75) is 59.4 Å². The minimum Gasteiger partial charge on any atom is -0.298 e. The quantitative estimate of drug-likeness (QED) is 0.582. The number of carbonyl (C=O) groups is 2. The van der Waals surface area contributed by atoms with E-state index in [1.165, 1.54) is 0 Å². The largest absolute Gasteiger partial charge is 0.298 e. The molecule has 0 aromatic heterocycles. The van der Waals surface area contributed by atoms with Crippen molar-refractivity contribution in [2.24, 2.45) is 16.7 Å². The van der Waals surface area contributed by atoms with Crippen molar-refractivity contribution in [3.8, 4) is 0 Å².